The molecule has 0 radical (unpaired) electrons. The van der Waals surface area contributed by atoms with Crippen LogP contribution in [0, 0.1) is 0 Å². The second kappa shape index (κ2) is 6.44. The number of fused-ring (bicyclic) bond motifs is 1. The summed E-state index contributed by atoms with van der Waals surface area (Å²) < 4.78 is 5.25. The molecule has 0 unspecified atom stereocenters. The zero-order valence-corrected chi connectivity index (χ0v) is 13.3. The Labute approximate surface area is 142 Å². The summed E-state index contributed by atoms with van der Waals surface area (Å²) in [5.74, 6) is 0.0587. The van der Waals surface area contributed by atoms with Crippen molar-refractivity contribution in [3.05, 3.63) is 63.6 Å². The Morgan fingerprint density at radius 1 is 1.17 bits per heavy atom. The Morgan fingerprint density at radius 2 is 1.91 bits per heavy atom. The van der Waals surface area contributed by atoms with Crippen LogP contribution < -0.4 is 10.1 Å². The first-order valence-electron chi connectivity index (χ1n) is 6.78. The number of benzene rings is 2. The van der Waals surface area contributed by atoms with Crippen LogP contribution in [0.3, 0.4) is 0 Å². The van der Waals surface area contributed by atoms with E-state index < -0.39 is 0 Å². The van der Waals surface area contributed by atoms with Gasteiger partial charge in [-0.15, -0.1) is 0 Å². The Hall–Kier alpha value is -2.30. The summed E-state index contributed by atoms with van der Waals surface area (Å²) in [6.07, 6.45) is 2.96. The molecule has 6 heteroatoms. The Balaban J connectivity index is 1.85. The van der Waals surface area contributed by atoms with E-state index in [1.807, 2.05) is 0 Å². The maximum Gasteiger partial charge on any atom is 0.262 e. The first kappa shape index (κ1) is 15.6. The van der Waals surface area contributed by atoms with Crippen LogP contribution in [0.15, 0.2) is 42.5 Å². The molecule has 1 heterocycles. The highest BCUT2D eigenvalue weighted by Gasteiger charge is 2.17. The van der Waals surface area contributed by atoms with Gasteiger partial charge in [-0.2, -0.15) is 0 Å². The summed E-state index contributed by atoms with van der Waals surface area (Å²) in [6, 6.07) is 9.99. The number of hydrogen-bond donors (Lipinski definition) is 1. The average molecular weight is 348 g/mol. The molecule has 0 atom stereocenters. The van der Waals surface area contributed by atoms with Crippen molar-refractivity contribution in [2.75, 3.05) is 11.9 Å². The van der Waals surface area contributed by atoms with Gasteiger partial charge in [0.15, 0.2) is 12.4 Å². The van der Waals surface area contributed by atoms with E-state index in [1.54, 1.807) is 42.5 Å². The molecular formula is C17H11Cl2NO3. The lowest BCUT2D eigenvalue weighted by atomic mass is 10.1. The minimum absolute atomic E-state index is 0.0226. The Morgan fingerprint density at radius 3 is 2.65 bits per heavy atom. The molecule has 1 N–H and O–H groups in total. The molecule has 0 fully saturated rings. The number of nitrogens with one attached hydrogen (secondary N) is 1. The summed E-state index contributed by atoms with van der Waals surface area (Å²) in [6.45, 7) is -0.0226. The lowest BCUT2D eigenvalue weighted by Gasteiger charge is -2.17. The molecule has 0 saturated carbocycles. The van der Waals surface area contributed by atoms with Crippen molar-refractivity contribution in [3.63, 3.8) is 0 Å². The number of ether oxygens (including phenoxy) is 1. The summed E-state index contributed by atoms with van der Waals surface area (Å²) in [5, 5.41) is 3.60. The standard InChI is InChI=1S/C17H11Cl2NO3/c18-12-2-1-3-13(19)11(12)5-6-15(21)10-4-7-16-14(8-10)20-17(22)9-23-16/h1-8H,9H2,(H,20,22). The lowest BCUT2D eigenvalue weighted by molar-refractivity contribution is -0.118. The van der Waals surface area contributed by atoms with E-state index >= 15 is 0 Å². The highest BCUT2D eigenvalue weighted by atomic mass is 35.5. The third-order valence-electron chi connectivity index (χ3n) is 3.30. The van der Waals surface area contributed by atoms with Gasteiger partial charge >= 0.3 is 0 Å². The zero-order chi connectivity index (χ0) is 16.4. The van der Waals surface area contributed by atoms with Crippen LogP contribution in [0.5, 0.6) is 5.75 Å². The van der Waals surface area contributed by atoms with Crippen LogP contribution >= 0.6 is 23.2 Å². The van der Waals surface area contributed by atoms with Crippen molar-refractivity contribution in [1.29, 1.82) is 0 Å². The smallest absolute Gasteiger partial charge is 0.262 e. The highest BCUT2D eigenvalue weighted by molar-refractivity contribution is 6.37. The number of ketones is 1. The van der Waals surface area contributed by atoms with Gasteiger partial charge in [0, 0.05) is 21.2 Å². The molecule has 0 bridgehead atoms. The van der Waals surface area contributed by atoms with E-state index in [1.165, 1.54) is 6.08 Å². The van der Waals surface area contributed by atoms with Crippen LogP contribution in [0.4, 0.5) is 5.69 Å². The molecule has 1 aliphatic rings. The summed E-state index contributed by atoms with van der Waals surface area (Å²) in [4.78, 5) is 23.6. The van der Waals surface area contributed by atoms with Crippen molar-refractivity contribution >= 4 is 46.7 Å². The molecule has 0 aromatic heterocycles. The maximum atomic E-state index is 12.3. The fourth-order valence-electron chi connectivity index (χ4n) is 2.16. The van der Waals surface area contributed by atoms with Crippen LogP contribution in [0.25, 0.3) is 6.08 Å². The summed E-state index contributed by atoms with van der Waals surface area (Å²) >= 11 is 12.1. The topological polar surface area (TPSA) is 55.4 Å². The fraction of sp³-hybridized carbons (Fsp3) is 0.0588. The molecule has 2 aromatic rings. The van der Waals surface area contributed by atoms with Gasteiger partial charge in [0.05, 0.1) is 5.69 Å². The molecule has 1 amide bonds. The average Bonchev–Trinajstić information content (AvgIpc) is 2.53. The minimum Gasteiger partial charge on any atom is -0.482 e. The SMILES string of the molecule is O=C1COc2ccc(C(=O)C=Cc3c(Cl)cccc3Cl)cc2N1. The minimum atomic E-state index is -0.250. The van der Waals surface area contributed by atoms with Gasteiger partial charge in [-0.1, -0.05) is 29.3 Å². The Kier molecular flexibility index (Phi) is 4.37. The maximum absolute atomic E-state index is 12.3. The molecule has 2 aromatic carbocycles. The fourth-order valence-corrected chi connectivity index (χ4v) is 2.68. The summed E-state index contributed by atoms with van der Waals surface area (Å²) in [7, 11) is 0. The van der Waals surface area contributed by atoms with Gasteiger partial charge in [0.2, 0.25) is 0 Å². The van der Waals surface area contributed by atoms with E-state index in [9.17, 15) is 9.59 Å². The van der Waals surface area contributed by atoms with Gasteiger partial charge in [-0.25, -0.2) is 0 Å². The lowest BCUT2D eigenvalue weighted by Crippen LogP contribution is -2.25. The van der Waals surface area contributed by atoms with E-state index in [-0.39, 0.29) is 18.3 Å². The van der Waals surface area contributed by atoms with Gasteiger partial charge in [-0.3, -0.25) is 9.59 Å². The van der Waals surface area contributed by atoms with Gasteiger partial charge in [0.1, 0.15) is 5.75 Å². The third-order valence-corrected chi connectivity index (χ3v) is 3.96. The van der Waals surface area contributed by atoms with Crippen molar-refractivity contribution in [2.45, 2.75) is 0 Å². The molecule has 4 nitrogen and oxygen atoms in total. The van der Waals surface area contributed by atoms with Crippen LogP contribution in [-0.2, 0) is 4.79 Å². The number of anilines is 1. The second-order valence-electron chi connectivity index (χ2n) is 4.88. The molecule has 0 spiro atoms. The second-order valence-corrected chi connectivity index (χ2v) is 5.70. The van der Waals surface area contributed by atoms with Crippen molar-refractivity contribution in [3.8, 4) is 5.75 Å². The number of carbonyl (C=O) groups is 2. The van der Waals surface area contributed by atoms with Crippen LogP contribution in [-0.4, -0.2) is 18.3 Å². The third kappa shape index (κ3) is 3.38. The van der Waals surface area contributed by atoms with Crippen molar-refractivity contribution < 1.29 is 14.3 Å². The normalized spacial score (nSPS) is 13.4. The zero-order valence-electron chi connectivity index (χ0n) is 11.8. The largest absolute Gasteiger partial charge is 0.482 e. The number of hydrogen-bond acceptors (Lipinski definition) is 3. The quantitative estimate of drug-likeness (QED) is 0.667. The molecule has 116 valence electrons. The van der Waals surface area contributed by atoms with Crippen molar-refractivity contribution in [2.24, 2.45) is 0 Å². The van der Waals surface area contributed by atoms with Gasteiger partial charge in [0.25, 0.3) is 5.91 Å². The number of amides is 1. The van der Waals surface area contributed by atoms with E-state index in [0.29, 0.717) is 32.6 Å². The summed E-state index contributed by atoms with van der Waals surface area (Å²) in [5.41, 5.74) is 1.49. The predicted molar refractivity (Wildman–Crippen MR) is 90.4 cm³/mol. The van der Waals surface area contributed by atoms with E-state index in [4.69, 9.17) is 27.9 Å². The van der Waals surface area contributed by atoms with Crippen LogP contribution in [0.1, 0.15) is 15.9 Å². The Bertz CT molecular complexity index is 810. The number of carbonyl (C=O) groups excluding carboxylic acids is 2. The molecule has 0 aliphatic carbocycles. The molecule has 23 heavy (non-hydrogen) atoms. The molecule has 1 aliphatic heterocycles. The van der Waals surface area contributed by atoms with Gasteiger partial charge < -0.3 is 10.1 Å². The molecule has 0 saturated heterocycles. The molecule has 3 rings (SSSR count). The predicted octanol–water partition coefficient (Wildman–Crippen LogP) is 4.22. The van der Waals surface area contributed by atoms with Crippen molar-refractivity contribution in [1.82, 2.24) is 0 Å². The van der Waals surface area contributed by atoms with Crippen LogP contribution in [0.2, 0.25) is 10.0 Å². The number of rotatable bonds is 3. The highest BCUT2D eigenvalue weighted by Crippen LogP contribution is 2.29. The van der Waals surface area contributed by atoms with E-state index in [0.717, 1.165) is 0 Å². The number of allylic oxidation sites excluding steroid dienone is 1. The number of halogens is 2. The first-order chi connectivity index (χ1) is 11.0. The molecular weight excluding hydrogens is 337 g/mol. The first-order valence-corrected chi connectivity index (χ1v) is 7.53. The van der Waals surface area contributed by atoms with E-state index in [2.05, 4.69) is 5.32 Å². The van der Waals surface area contributed by atoms with Gasteiger partial charge in [-0.05, 0) is 42.5 Å². The monoisotopic (exact) mass is 347 g/mol.